The molecule has 0 fully saturated rings. The zero-order valence-electron chi connectivity index (χ0n) is 17.1. The van der Waals surface area contributed by atoms with Crippen LogP contribution in [-0.4, -0.2) is 10.5 Å². The molecule has 0 bridgehead atoms. The van der Waals surface area contributed by atoms with Crippen molar-refractivity contribution >= 4 is 28.2 Å². The normalized spacial score (nSPS) is 10.8. The van der Waals surface area contributed by atoms with E-state index >= 15 is 0 Å². The predicted molar refractivity (Wildman–Crippen MR) is 122 cm³/mol. The monoisotopic (exact) mass is 415 g/mol. The number of aromatic nitrogens is 1. The molecule has 4 rings (SSSR count). The summed E-state index contributed by atoms with van der Waals surface area (Å²) in [5.41, 5.74) is 3.24. The van der Waals surface area contributed by atoms with Crippen molar-refractivity contribution in [3.8, 4) is 0 Å². The van der Waals surface area contributed by atoms with Gasteiger partial charge in [0.25, 0.3) is 5.56 Å². The molecule has 0 aliphatic heterocycles. The summed E-state index contributed by atoms with van der Waals surface area (Å²) in [6.45, 7) is 2.10. The summed E-state index contributed by atoms with van der Waals surface area (Å²) in [4.78, 5) is 25.9. The lowest BCUT2D eigenvalue weighted by Gasteiger charge is -2.15. The molecule has 0 saturated carbocycles. The van der Waals surface area contributed by atoms with Crippen molar-refractivity contribution in [3.63, 3.8) is 0 Å². The van der Waals surface area contributed by atoms with Gasteiger partial charge in [-0.3, -0.25) is 14.2 Å². The second-order valence-corrected chi connectivity index (χ2v) is 7.40. The van der Waals surface area contributed by atoms with Crippen molar-refractivity contribution in [1.29, 1.82) is 0 Å². The Kier molecular flexibility index (Phi) is 5.80. The first-order chi connectivity index (χ1) is 15.0. The van der Waals surface area contributed by atoms with E-state index in [0.717, 1.165) is 16.6 Å². The number of carbonyl (C=O) groups excluding carboxylic acids is 1. The molecule has 0 unspecified atom stereocenters. The van der Waals surface area contributed by atoms with Crippen LogP contribution in [-0.2, 0) is 17.9 Å². The number of rotatable bonds is 6. The van der Waals surface area contributed by atoms with Gasteiger partial charge in [-0.2, -0.15) is 0 Å². The van der Waals surface area contributed by atoms with Crippen molar-refractivity contribution < 1.29 is 9.18 Å². The van der Waals surface area contributed by atoms with Crippen molar-refractivity contribution in [1.82, 2.24) is 4.57 Å². The van der Waals surface area contributed by atoms with Crippen LogP contribution >= 0.6 is 0 Å². The smallest absolute Gasteiger partial charge is 0.256 e. The summed E-state index contributed by atoms with van der Waals surface area (Å²) >= 11 is 0. The molecule has 1 aromatic heterocycles. The number of aryl methyl sites for hydroxylation is 1. The van der Waals surface area contributed by atoms with Gasteiger partial charge in [0, 0.05) is 23.5 Å². The molecule has 0 radical (unpaired) electrons. The molecular formula is C25H22FN3O2. The highest BCUT2D eigenvalue weighted by molar-refractivity contribution is 5.92. The van der Waals surface area contributed by atoms with Crippen LogP contribution in [0.2, 0.25) is 0 Å². The number of carbonyl (C=O) groups is 1. The van der Waals surface area contributed by atoms with Crippen LogP contribution in [0.3, 0.4) is 0 Å². The molecule has 0 aliphatic rings. The second kappa shape index (κ2) is 8.83. The van der Waals surface area contributed by atoms with Gasteiger partial charge >= 0.3 is 0 Å². The number of anilines is 2. The van der Waals surface area contributed by atoms with Crippen LogP contribution in [0.15, 0.2) is 83.7 Å². The maximum absolute atomic E-state index is 13.4. The quantitative estimate of drug-likeness (QED) is 0.480. The predicted octanol–water partition coefficient (Wildman–Crippen LogP) is 4.70. The third-order valence-corrected chi connectivity index (χ3v) is 4.99. The van der Waals surface area contributed by atoms with Crippen LogP contribution in [0.4, 0.5) is 15.8 Å². The Hall–Kier alpha value is -3.93. The minimum atomic E-state index is -0.440. The van der Waals surface area contributed by atoms with Gasteiger partial charge in [-0.15, -0.1) is 0 Å². The Morgan fingerprint density at radius 2 is 1.71 bits per heavy atom. The Labute approximate surface area is 179 Å². The standard InChI is InChI=1S/C25H22FN3O2/c1-17-10-11-18-13-19(15-27-21-7-3-2-4-8-21)25(31)29(23(18)12-17)16-24(30)28-22-9-5-6-20(26)14-22/h2-14,27H,15-16H2,1H3,(H,28,30). The van der Waals surface area contributed by atoms with Gasteiger partial charge in [0.1, 0.15) is 12.4 Å². The minimum Gasteiger partial charge on any atom is -0.381 e. The van der Waals surface area contributed by atoms with E-state index in [4.69, 9.17) is 0 Å². The lowest BCUT2D eigenvalue weighted by atomic mass is 10.1. The molecule has 6 heteroatoms. The number of pyridine rings is 1. The van der Waals surface area contributed by atoms with Crippen LogP contribution in [0, 0.1) is 12.7 Å². The number of amides is 1. The molecular weight excluding hydrogens is 393 g/mol. The highest BCUT2D eigenvalue weighted by atomic mass is 19.1. The zero-order chi connectivity index (χ0) is 21.8. The van der Waals surface area contributed by atoms with Crippen molar-refractivity contribution in [2.45, 2.75) is 20.0 Å². The van der Waals surface area contributed by atoms with E-state index in [-0.39, 0.29) is 12.1 Å². The van der Waals surface area contributed by atoms with Crippen molar-refractivity contribution in [2.24, 2.45) is 0 Å². The van der Waals surface area contributed by atoms with E-state index in [1.165, 1.54) is 22.8 Å². The Morgan fingerprint density at radius 1 is 0.935 bits per heavy atom. The number of hydrogen-bond donors (Lipinski definition) is 2. The number of nitrogens with zero attached hydrogens (tertiary/aromatic N) is 1. The maximum Gasteiger partial charge on any atom is 0.256 e. The van der Waals surface area contributed by atoms with Crippen molar-refractivity contribution in [2.75, 3.05) is 10.6 Å². The van der Waals surface area contributed by atoms with Gasteiger partial charge in [-0.25, -0.2) is 4.39 Å². The van der Waals surface area contributed by atoms with E-state index in [0.29, 0.717) is 23.3 Å². The van der Waals surface area contributed by atoms with E-state index < -0.39 is 11.7 Å². The summed E-state index contributed by atoms with van der Waals surface area (Å²) in [5.74, 6) is -0.839. The number of halogens is 1. The second-order valence-electron chi connectivity index (χ2n) is 7.40. The molecule has 2 N–H and O–H groups in total. The number of para-hydroxylation sites is 1. The molecule has 31 heavy (non-hydrogen) atoms. The molecule has 1 amide bonds. The van der Waals surface area contributed by atoms with Gasteiger partial charge in [0.05, 0.1) is 5.52 Å². The Balaban J connectivity index is 1.66. The molecule has 156 valence electrons. The van der Waals surface area contributed by atoms with E-state index in [1.807, 2.05) is 61.5 Å². The van der Waals surface area contributed by atoms with E-state index in [9.17, 15) is 14.0 Å². The largest absolute Gasteiger partial charge is 0.381 e. The average Bonchev–Trinajstić information content (AvgIpc) is 2.75. The van der Waals surface area contributed by atoms with Gasteiger partial charge in [-0.1, -0.05) is 36.4 Å². The fourth-order valence-corrected chi connectivity index (χ4v) is 3.49. The van der Waals surface area contributed by atoms with Crippen molar-refractivity contribution in [3.05, 3.63) is 106 Å². The minimum absolute atomic E-state index is 0.172. The Bertz CT molecular complexity index is 1300. The molecule has 1 heterocycles. The zero-order valence-corrected chi connectivity index (χ0v) is 17.1. The Morgan fingerprint density at radius 3 is 2.48 bits per heavy atom. The summed E-state index contributed by atoms with van der Waals surface area (Å²) in [6.07, 6.45) is 0. The highest BCUT2D eigenvalue weighted by Gasteiger charge is 2.13. The van der Waals surface area contributed by atoms with Crippen LogP contribution in [0.5, 0.6) is 0 Å². The molecule has 5 nitrogen and oxygen atoms in total. The van der Waals surface area contributed by atoms with Gasteiger partial charge in [-0.05, 0) is 60.3 Å². The van der Waals surface area contributed by atoms with E-state index in [1.54, 1.807) is 6.07 Å². The van der Waals surface area contributed by atoms with Gasteiger partial charge in [0.15, 0.2) is 0 Å². The SMILES string of the molecule is Cc1ccc2cc(CNc3ccccc3)c(=O)n(CC(=O)Nc3cccc(F)c3)c2c1. The molecule has 0 spiro atoms. The topological polar surface area (TPSA) is 63.1 Å². The first-order valence-electron chi connectivity index (χ1n) is 9.97. The lowest BCUT2D eigenvalue weighted by Crippen LogP contribution is -2.30. The summed E-state index contributed by atoms with van der Waals surface area (Å²) < 4.78 is 14.9. The van der Waals surface area contributed by atoms with Crippen LogP contribution in [0.25, 0.3) is 10.9 Å². The summed E-state index contributed by atoms with van der Waals surface area (Å²) in [5, 5.41) is 6.78. The highest BCUT2D eigenvalue weighted by Crippen LogP contribution is 2.17. The average molecular weight is 415 g/mol. The molecule has 0 aliphatic carbocycles. The lowest BCUT2D eigenvalue weighted by molar-refractivity contribution is -0.116. The first kappa shape index (κ1) is 20.3. The molecule has 0 saturated heterocycles. The maximum atomic E-state index is 13.4. The number of nitrogens with one attached hydrogen (secondary N) is 2. The van der Waals surface area contributed by atoms with Crippen LogP contribution in [0.1, 0.15) is 11.1 Å². The third kappa shape index (κ3) is 4.80. The third-order valence-electron chi connectivity index (χ3n) is 4.99. The molecule has 0 atom stereocenters. The fraction of sp³-hybridized carbons (Fsp3) is 0.120. The van der Waals surface area contributed by atoms with Crippen LogP contribution < -0.4 is 16.2 Å². The van der Waals surface area contributed by atoms with Gasteiger partial charge in [0.2, 0.25) is 5.91 Å². The first-order valence-corrected chi connectivity index (χ1v) is 9.97. The number of fused-ring (bicyclic) bond motifs is 1. The number of hydrogen-bond acceptors (Lipinski definition) is 3. The summed E-state index contributed by atoms with van der Waals surface area (Å²) in [7, 11) is 0. The van der Waals surface area contributed by atoms with Gasteiger partial charge < -0.3 is 10.6 Å². The molecule has 4 aromatic rings. The number of benzene rings is 3. The summed E-state index contributed by atoms with van der Waals surface area (Å²) in [6, 6.07) is 22.9. The van der Waals surface area contributed by atoms with E-state index in [2.05, 4.69) is 10.6 Å². The fourth-order valence-electron chi connectivity index (χ4n) is 3.49. The molecule has 3 aromatic carbocycles.